The van der Waals surface area contributed by atoms with E-state index in [1.54, 1.807) is 12.5 Å². The Balaban J connectivity index is 1.56. The van der Waals surface area contributed by atoms with Gasteiger partial charge in [0.05, 0.1) is 29.0 Å². The molecule has 0 spiro atoms. The minimum atomic E-state index is 0.639. The van der Waals surface area contributed by atoms with E-state index in [9.17, 15) is 0 Å². The lowest BCUT2D eigenvalue weighted by Crippen LogP contribution is -2.23. The average molecular weight is 309 g/mol. The van der Waals surface area contributed by atoms with Crippen molar-refractivity contribution in [1.82, 2.24) is 24.8 Å². The molecule has 7 heteroatoms. The molecule has 116 valence electrons. The van der Waals surface area contributed by atoms with Crippen molar-refractivity contribution in [2.24, 2.45) is 0 Å². The Morgan fingerprint density at radius 3 is 2.22 bits per heavy atom. The number of hydrogen-bond acceptors (Lipinski definition) is 6. The molecular formula is C16H15N5O2. The van der Waals surface area contributed by atoms with Crippen LogP contribution in [0, 0.1) is 0 Å². The topological polar surface area (TPSA) is 84.0 Å². The highest BCUT2D eigenvalue weighted by molar-refractivity contribution is 5.74. The first-order valence-electron chi connectivity index (χ1n) is 7.27. The van der Waals surface area contributed by atoms with Crippen LogP contribution in [0.3, 0.4) is 0 Å². The van der Waals surface area contributed by atoms with Crippen LogP contribution in [0.4, 0.5) is 0 Å². The average Bonchev–Trinajstić information content (AvgIpc) is 3.27. The Kier molecular flexibility index (Phi) is 3.61. The molecule has 0 amide bonds. The third-order valence-corrected chi connectivity index (χ3v) is 3.55. The van der Waals surface area contributed by atoms with E-state index in [1.807, 2.05) is 24.3 Å². The normalized spacial score (nSPS) is 11.5. The zero-order valence-electron chi connectivity index (χ0n) is 12.3. The summed E-state index contributed by atoms with van der Waals surface area (Å²) in [4.78, 5) is 18.5. The molecule has 0 bridgehead atoms. The Morgan fingerprint density at radius 2 is 1.61 bits per heavy atom. The van der Waals surface area contributed by atoms with Crippen LogP contribution in [0.2, 0.25) is 0 Å². The maximum atomic E-state index is 5.05. The summed E-state index contributed by atoms with van der Waals surface area (Å²) in [5, 5.41) is 0. The van der Waals surface area contributed by atoms with Crippen molar-refractivity contribution >= 4 is 11.0 Å². The van der Waals surface area contributed by atoms with Gasteiger partial charge >= 0.3 is 0 Å². The van der Waals surface area contributed by atoms with Gasteiger partial charge in [-0.3, -0.25) is 4.90 Å². The van der Waals surface area contributed by atoms with Crippen molar-refractivity contribution < 1.29 is 8.83 Å². The fourth-order valence-electron chi connectivity index (χ4n) is 2.55. The van der Waals surface area contributed by atoms with Crippen molar-refractivity contribution in [2.45, 2.75) is 19.6 Å². The molecule has 4 aromatic rings. The number of oxazole rings is 2. The first-order chi connectivity index (χ1) is 11.4. The fourth-order valence-corrected chi connectivity index (χ4v) is 2.55. The van der Waals surface area contributed by atoms with Crippen molar-refractivity contribution in [3.63, 3.8) is 0 Å². The highest BCUT2D eigenvalue weighted by Crippen LogP contribution is 2.15. The van der Waals surface area contributed by atoms with Crippen molar-refractivity contribution in [3.8, 4) is 0 Å². The molecule has 0 aliphatic heterocycles. The molecule has 0 aliphatic carbocycles. The summed E-state index contributed by atoms with van der Waals surface area (Å²) in [5.41, 5.74) is 3.73. The number of nitrogens with one attached hydrogen (secondary N) is 1. The van der Waals surface area contributed by atoms with Gasteiger partial charge in [0.1, 0.15) is 18.4 Å². The van der Waals surface area contributed by atoms with Gasteiger partial charge in [-0.2, -0.15) is 0 Å². The summed E-state index contributed by atoms with van der Waals surface area (Å²) < 4.78 is 10.1. The summed E-state index contributed by atoms with van der Waals surface area (Å²) in [5.74, 6) is 0.901. The second-order valence-corrected chi connectivity index (χ2v) is 5.31. The molecule has 3 heterocycles. The molecule has 0 unspecified atom stereocenters. The zero-order chi connectivity index (χ0) is 15.5. The Morgan fingerprint density at radius 1 is 0.913 bits per heavy atom. The van der Waals surface area contributed by atoms with Crippen LogP contribution in [-0.2, 0) is 19.6 Å². The third kappa shape index (κ3) is 3.14. The number of aromatic nitrogens is 4. The van der Waals surface area contributed by atoms with Crippen LogP contribution in [-0.4, -0.2) is 24.8 Å². The van der Waals surface area contributed by atoms with E-state index in [-0.39, 0.29) is 0 Å². The quantitative estimate of drug-likeness (QED) is 0.589. The minimum Gasteiger partial charge on any atom is -0.451 e. The van der Waals surface area contributed by atoms with Crippen LogP contribution >= 0.6 is 0 Å². The standard InChI is InChI=1S/C16H15N5O2/c1-2-4-15-14(3-1)19-16(20-15)7-21(5-12-8-22-10-17-12)6-13-9-23-11-18-13/h1-4,8-11H,5-7H2,(H,19,20). The molecule has 0 radical (unpaired) electrons. The molecule has 0 atom stereocenters. The largest absolute Gasteiger partial charge is 0.451 e. The third-order valence-electron chi connectivity index (χ3n) is 3.55. The molecule has 7 nitrogen and oxygen atoms in total. The number of rotatable bonds is 6. The van der Waals surface area contributed by atoms with Gasteiger partial charge in [-0.1, -0.05) is 12.1 Å². The summed E-state index contributed by atoms with van der Waals surface area (Å²) in [7, 11) is 0. The number of fused-ring (bicyclic) bond motifs is 1. The highest BCUT2D eigenvalue weighted by Gasteiger charge is 2.13. The van der Waals surface area contributed by atoms with E-state index < -0.39 is 0 Å². The second kappa shape index (κ2) is 6.05. The molecule has 4 rings (SSSR count). The van der Waals surface area contributed by atoms with Crippen LogP contribution < -0.4 is 0 Å². The number of benzene rings is 1. The Labute approximate surface area is 132 Å². The first-order valence-corrected chi connectivity index (χ1v) is 7.27. The zero-order valence-corrected chi connectivity index (χ0v) is 12.3. The van der Waals surface area contributed by atoms with Crippen LogP contribution in [0.5, 0.6) is 0 Å². The number of aromatic amines is 1. The molecular weight excluding hydrogens is 294 g/mol. The highest BCUT2D eigenvalue weighted by atomic mass is 16.3. The summed E-state index contributed by atoms with van der Waals surface area (Å²) in [6.07, 6.45) is 6.17. The number of hydrogen-bond donors (Lipinski definition) is 1. The first kappa shape index (κ1) is 13.7. The molecule has 0 fully saturated rings. The molecule has 0 aliphatic rings. The lowest BCUT2D eigenvalue weighted by Gasteiger charge is -2.18. The molecule has 1 N–H and O–H groups in total. The van der Waals surface area contributed by atoms with Crippen molar-refractivity contribution in [1.29, 1.82) is 0 Å². The number of para-hydroxylation sites is 2. The van der Waals surface area contributed by atoms with Gasteiger partial charge < -0.3 is 13.8 Å². The lowest BCUT2D eigenvalue weighted by atomic mass is 10.3. The van der Waals surface area contributed by atoms with Gasteiger partial charge in [-0.15, -0.1) is 0 Å². The van der Waals surface area contributed by atoms with Crippen LogP contribution in [0.1, 0.15) is 17.2 Å². The Bertz CT molecular complexity index is 798. The van der Waals surface area contributed by atoms with E-state index >= 15 is 0 Å². The van der Waals surface area contributed by atoms with Crippen LogP contribution in [0.15, 0.2) is 58.4 Å². The lowest BCUT2D eigenvalue weighted by molar-refractivity contribution is 0.236. The monoisotopic (exact) mass is 309 g/mol. The van der Waals surface area contributed by atoms with Crippen molar-refractivity contribution in [2.75, 3.05) is 0 Å². The minimum absolute atomic E-state index is 0.639. The maximum Gasteiger partial charge on any atom is 0.180 e. The van der Waals surface area contributed by atoms with Gasteiger partial charge in [0.15, 0.2) is 12.8 Å². The van der Waals surface area contributed by atoms with E-state index in [0.717, 1.165) is 28.2 Å². The van der Waals surface area contributed by atoms with E-state index in [2.05, 4.69) is 24.8 Å². The van der Waals surface area contributed by atoms with E-state index in [4.69, 9.17) is 8.83 Å². The second-order valence-electron chi connectivity index (χ2n) is 5.31. The summed E-state index contributed by atoms with van der Waals surface area (Å²) in [6, 6.07) is 7.99. The van der Waals surface area contributed by atoms with Gasteiger partial charge in [0.25, 0.3) is 0 Å². The predicted molar refractivity (Wildman–Crippen MR) is 82.1 cm³/mol. The maximum absolute atomic E-state index is 5.05. The van der Waals surface area contributed by atoms with E-state index in [1.165, 1.54) is 12.8 Å². The van der Waals surface area contributed by atoms with Gasteiger partial charge in [0.2, 0.25) is 0 Å². The Hall–Kier alpha value is -2.93. The molecule has 0 saturated heterocycles. The molecule has 0 saturated carbocycles. The smallest absolute Gasteiger partial charge is 0.180 e. The number of H-pyrrole nitrogens is 1. The van der Waals surface area contributed by atoms with Crippen LogP contribution in [0.25, 0.3) is 11.0 Å². The van der Waals surface area contributed by atoms with Gasteiger partial charge in [-0.25, -0.2) is 15.0 Å². The summed E-state index contributed by atoms with van der Waals surface area (Å²) >= 11 is 0. The molecule has 3 aromatic heterocycles. The summed E-state index contributed by atoms with van der Waals surface area (Å²) in [6.45, 7) is 1.93. The predicted octanol–water partition coefficient (Wildman–Crippen LogP) is 2.74. The van der Waals surface area contributed by atoms with Crippen molar-refractivity contribution in [3.05, 3.63) is 66.8 Å². The number of imidazole rings is 1. The van der Waals surface area contributed by atoms with Gasteiger partial charge in [-0.05, 0) is 12.1 Å². The fraction of sp³-hybridized carbons (Fsp3) is 0.188. The molecule has 1 aromatic carbocycles. The molecule has 23 heavy (non-hydrogen) atoms. The van der Waals surface area contributed by atoms with E-state index in [0.29, 0.717) is 19.6 Å². The van der Waals surface area contributed by atoms with Gasteiger partial charge in [0, 0.05) is 13.1 Å². The number of nitrogens with zero attached hydrogens (tertiary/aromatic N) is 4. The SMILES string of the molecule is c1ccc2[nH]c(CN(Cc3cocn3)Cc3cocn3)nc2c1.